The van der Waals surface area contributed by atoms with Crippen molar-refractivity contribution in [2.24, 2.45) is 0 Å². The second kappa shape index (κ2) is 7.00. The standard InChI is InChI=1S/C17H20FN3O3/c1-11-15(10-22)16(20-24-11)17(23)19-13-6-8-21(9-7-13)14-4-2-12(18)3-5-14/h2-5,13,22H,6-10H2,1H3,(H,19,23). The molecule has 1 aromatic heterocycles. The maximum atomic E-state index is 13.0. The Bertz CT molecular complexity index is 706. The van der Waals surface area contributed by atoms with Crippen LogP contribution in [-0.2, 0) is 6.61 Å². The van der Waals surface area contributed by atoms with Gasteiger partial charge < -0.3 is 19.8 Å². The Morgan fingerprint density at radius 3 is 2.67 bits per heavy atom. The van der Waals surface area contributed by atoms with Crippen molar-refractivity contribution in [1.82, 2.24) is 10.5 Å². The minimum atomic E-state index is -0.323. The van der Waals surface area contributed by atoms with Gasteiger partial charge >= 0.3 is 0 Å². The quantitative estimate of drug-likeness (QED) is 0.895. The fraction of sp³-hybridized carbons (Fsp3) is 0.412. The molecule has 0 spiro atoms. The molecule has 24 heavy (non-hydrogen) atoms. The van der Waals surface area contributed by atoms with Crippen molar-refractivity contribution in [3.05, 3.63) is 47.1 Å². The van der Waals surface area contributed by atoms with Crippen LogP contribution in [0.5, 0.6) is 0 Å². The highest BCUT2D eigenvalue weighted by atomic mass is 19.1. The Morgan fingerprint density at radius 2 is 2.04 bits per heavy atom. The van der Waals surface area contributed by atoms with Crippen molar-refractivity contribution in [2.75, 3.05) is 18.0 Å². The SMILES string of the molecule is Cc1onc(C(=O)NC2CCN(c3ccc(F)cc3)CC2)c1CO. The summed E-state index contributed by atoms with van der Waals surface area (Å²) in [6.45, 7) is 2.94. The Kier molecular flexibility index (Phi) is 4.80. The van der Waals surface area contributed by atoms with Gasteiger partial charge in [0.2, 0.25) is 0 Å². The van der Waals surface area contributed by atoms with Crippen LogP contribution in [0, 0.1) is 12.7 Å². The minimum Gasteiger partial charge on any atom is -0.391 e. The van der Waals surface area contributed by atoms with E-state index in [4.69, 9.17) is 4.52 Å². The predicted molar refractivity (Wildman–Crippen MR) is 86.3 cm³/mol. The van der Waals surface area contributed by atoms with E-state index in [1.165, 1.54) is 12.1 Å². The summed E-state index contributed by atoms with van der Waals surface area (Å²) < 4.78 is 18.0. The van der Waals surface area contributed by atoms with Gasteiger partial charge in [-0.3, -0.25) is 4.79 Å². The molecule has 0 saturated carbocycles. The molecule has 1 amide bonds. The molecular weight excluding hydrogens is 313 g/mol. The summed E-state index contributed by atoms with van der Waals surface area (Å²) in [5.41, 5.74) is 1.56. The van der Waals surface area contributed by atoms with Crippen LogP contribution in [0.25, 0.3) is 0 Å². The van der Waals surface area contributed by atoms with Gasteiger partial charge in [-0.05, 0) is 44.0 Å². The Hall–Kier alpha value is -2.41. The molecule has 128 valence electrons. The maximum absolute atomic E-state index is 13.0. The van der Waals surface area contributed by atoms with Crippen LogP contribution in [0.4, 0.5) is 10.1 Å². The predicted octanol–water partition coefficient (Wildman–Crippen LogP) is 2.01. The number of aromatic nitrogens is 1. The first kappa shape index (κ1) is 16.4. The first-order valence-corrected chi connectivity index (χ1v) is 7.96. The van der Waals surface area contributed by atoms with Gasteiger partial charge in [-0.25, -0.2) is 4.39 Å². The molecule has 0 aliphatic carbocycles. The third kappa shape index (κ3) is 3.41. The van der Waals surface area contributed by atoms with Gasteiger partial charge in [-0.1, -0.05) is 5.16 Å². The molecule has 0 bridgehead atoms. The Labute approximate surface area is 139 Å². The summed E-state index contributed by atoms with van der Waals surface area (Å²) >= 11 is 0. The summed E-state index contributed by atoms with van der Waals surface area (Å²) in [7, 11) is 0. The number of piperidine rings is 1. The lowest BCUT2D eigenvalue weighted by molar-refractivity contribution is 0.0919. The van der Waals surface area contributed by atoms with E-state index in [1.807, 2.05) is 0 Å². The number of carbonyl (C=O) groups excluding carboxylic acids is 1. The fourth-order valence-electron chi connectivity index (χ4n) is 2.94. The highest BCUT2D eigenvalue weighted by Crippen LogP contribution is 2.21. The summed E-state index contributed by atoms with van der Waals surface area (Å²) in [5, 5.41) is 16.0. The van der Waals surface area contributed by atoms with Crippen LogP contribution < -0.4 is 10.2 Å². The second-order valence-corrected chi connectivity index (χ2v) is 5.94. The summed E-state index contributed by atoms with van der Waals surface area (Å²) in [6.07, 6.45) is 1.57. The van der Waals surface area contributed by atoms with Crippen molar-refractivity contribution >= 4 is 11.6 Å². The zero-order valence-electron chi connectivity index (χ0n) is 13.5. The monoisotopic (exact) mass is 333 g/mol. The van der Waals surface area contributed by atoms with E-state index in [2.05, 4.69) is 15.4 Å². The number of aliphatic hydroxyl groups is 1. The average Bonchev–Trinajstić information content (AvgIpc) is 2.97. The van der Waals surface area contributed by atoms with E-state index < -0.39 is 0 Å². The first-order valence-electron chi connectivity index (χ1n) is 7.96. The number of rotatable bonds is 4. The smallest absolute Gasteiger partial charge is 0.274 e. The van der Waals surface area contributed by atoms with E-state index in [9.17, 15) is 14.3 Å². The number of hydrogen-bond acceptors (Lipinski definition) is 5. The van der Waals surface area contributed by atoms with Gasteiger partial charge in [0.1, 0.15) is 11.6 Å². The molecule has 1 aliphatic heterocycles. The van der Waals surface area contributed by atoms with Gasteiger partial charge in [0.05, 0.1) is 12.2 Å². The first-order chi connectivity index (χ1) is 11.6. The number of aliphatic hydroxyl groups excluding tert-OH is 1. The number of amides is 1. The molecule has 3 rings (SSSR count). The summed E-state index contributed by atoms with van der Waals surface area (Å²) in [4.78, 5) is 14.5. The third-order valence-electron chi connectivity index (χ3n) is 4.38. The topological polar surface area (TPSA) is 78.6 Å². The summed E-state index contributed by atoms with van der Waals surface area (Å²) in [5.74, 6) is -0.117. The Morgan fingerprint density at radius 1 is 1.38 bits per heavy atom. The third-order valence-corrected chi connectivity index (χ3v) is 4.38. The number of benzene rings is 1. The van der Waals surface area contributed by atoms with E-state index in [0.29, 0.717) is 11.3 Å². The van der Waals surface area contributed by atoms with Crippen molar-refractivity contribution in [3.8, 4) is 0 Å². The number of nitrogens with one attached hydrogen (secondary N) is 1. The molecule has 1 aliphatic rings. The van der Waals surface area contributed by atoms with Crippen LogP contribution in [0.2, 0.25) is 0 Å². The largest absolute Gasteiger partial charge is 0.391 e. The van der Waals surface area contributed by atoms with Gasteiger partial charge in [0, 0.05) is 24.8 Å². The molecule has 2 N–H and O–H groups in total. The second-order valence-electron chi connectivity index (χ2n) is 5.94. The van der Waals surface area contributed by atoms with Crippen LogP contribution in [0.15, 0.2) is 28.8 Å². The highest BCUT2D eigenvalue weighted by Gasteiger charge is 2.25. The van der Waals surface area contributed by atoms with Gasteiger partial charge in [0.15, 0.2) is 5.69 Å². The Balaban J connectivity index is 1.57. The van der Waals surface area contributed by atoms with Crippen LogP contribution in [0.3, 0.4) is 0 Å². The zero-order chi connectivity index (χ0) is 17.1. The van der Waals surface area contributed by atoms with E-state index >= 15 is 0 Å². The average molecular weight is 333 g/mol. The maximum Gasteiger partial charge on any atom is 0.274 e. The van der Waals surface area contributed by atoms with Crippen molar-refractivity contribution in [2.45, 2.75) is 32.4 Å². The molecule has 2 heterocycles. The number of hydrogen-bond donors (Lipinski definition) is 2. The molecule has 7 heteroatoms. The van der Waals surface area contributed by atoms with Crippen LogP contribution in [-0.4, -0.2) is 35.3 Å². The zero-order valence-corrected chi connectivity index (χ0v) is 13.5. The van der Waals surface area contributed by atoms with Crippen molar-refractivity contribution < 1.29 is 18.8 Å². The van der Waals surface area contributed by atoms with Gasteiger partial charge in [-0.15, -0.1) is 0 Å². The summed E-state index contributed by atoms with van der Waals surface area (Å²) in [6, 6.07) is 6.47. The lowest BCUT2D eigenvalue weighted by Gasteiger charge is -2.33. The molecule has 0 radical (unpaired) electrons. The molecule has 2 aromatic rings. The van der Waals surface area contributed by atoms with E-state index in [-0.39, 0.29) is 30.1 Å². The molecule has 1 aromatic carbocycles. The lowest BCUT2D eigenvalue weighted by Crippen LogP contribution is -2.45. The van der Waals surface area contributed by atoms with Gasteiger partial charge in [-0.2, -0.15) is 0 Å². The fourth-order valence-corrected chi connectivity index (χ4v) is 2.94. The van der Waals surface area contributed by atoms with Crippen molar-refractivity contribution in [3.63, 3.8) is 0 Å². The minimum absolute atomic E-state index is 0.0396. The lowest BCUT2D eigenvalue weighted by atomic mass is 10.0. The molecule has 1 fully saturated rings. The molecular formula is C17H20FN3O3. The van der Waals surface area contributed by atoms with Crippen LogP contribution >= 0.6 is 0 Å². The van der Waals surface area contributed by atoms with E-state index in [1.54, 1.807) is 19.1 Å². The van der Waals surface area contributed by atoms with Gasteiger partial charge in [0.25, 0.3) is 5.91 Å². The van der Waals surface area contributed by atoms with E-state index in [0.717, 1.165) is 31.6 Å². The number of halogens is 1. The number of aryl methyl sites for hydroxylation is 1. The number of carbonyl (C=O) groups is 1. The number of anilines is 1. The van der Waals surface area contributed by atoms with Crippen molar-refractivity contribution in [1.29, 1.82) is 0 Å². The number of nitrogens with zero attached hydrogens (tertiary/aromatic N) is 2. The normalized spacial score (nSPS) is 15.5. The molecule has 6 nitrogen and oxygen atoms in total. The molecule has 0 atom stereocenters. The molecule has 1 saturated heterocycles. The molecule has 0 unspecified atom stereocenters. The highest BCUT2D eigenvalue weighted by molar-refractivity contribution is 5.94. The van der Waals surface area contributed by atoms with Crippen LogP contribution in [0.1, 0.15) is 34.7 Å².